The summed E-state index contributed by atoms with van der Waals surface area (Å²) in [6.45, 7) is 3.11. The number of amides is 1. The monoisotopic (exact) mass is 450 g/mol. The largest absolute Gasteiger partial charge is 0.488 e. The van der Waals surface area contributed by atoms with Gasteiger partial charge in [-0.3, -0.25) is 9.36 Å². The minimum Gasteiger partial charge on any atom is -0.488 e. The first-order chi connectivity index (χ1) is 15.3. The first-order valence-corrected chi connectivity index (χ1v) is 10.6. The van der Waals surface area contributed by atoms with E-state index < -0.39 is 13.0 Å². The van der Waals surface area contributed by atoms with Gasteiger partial charge in [-0.2, -0.15) is 10.2 Å². The first-order valence-electron chi connectivity index (χ1n) is 10.6. The SMILES string of the molecule is CC(=O)N[C@@H](C)COC1CCC(Oc2nc3c(C#N)cc(OCC(F)F)cc3n2C)CC1. The minimum atomic E-state index is -2.60. The molecule has 1 aromatic carbocycles. The number of imidazole rings is 1. The zero-order valence-electron chi connectivity index (χ0n) is 18.4. The van der Waals surface area contributed by atoms with Gasteiger partial charge in [0, 0.05) is 32.1 Å². The number of hydrogen-bond acceptors (Lipinski definition) is 6. The lowest BCUT2D eigenvalue weighted by molar-refractivity contribution is -0.120. The summed E-state index contributed by atoms with van der Waals surface area (Å²) in [7, 11) is 1.75. The molecule has 1 fully saturated rings. The van der Waals surface area contributed by atoms with Crippen molar-refractivity contribution in [3.8, 4) is 17.8 Å². The van der Waals surface area contributed by atoms with E-state index in [0.717, 1.165) is 25.7 Å². The average molecular weight is 450 g/mol. The quantitative estimate of drug-likeness (QED) is 0.629. The number of alkyl halides is 2. The van der Waals surface area contributed by atoms with Gasteiger partial charge in [0.05, 0.1) is 23.8 Å². The van der Waals surface area contributed by atoms with Crippen molar-refractivity contribution in [2.75, 3.05) is 13.2 Å². The molecule has 0 aliphatic heterocycles. The maximum atomic E-state index is 12.5. The van der Waals surface area contributed by atoms with Crippen LogP contribution in [0.2, 0.25) is 0 Å². The van der Waals surface area contributed by atoms with Gasteiger partial charge in [0.2, 0.25) is 5.91 Å². The Hall–Kier alpha value is -2.93. The van der Waals surface area contributed by atoms with Crippen molar-refractivity contribution in [3.63, 3.8) is 0 Å². The molecule has 0 saturated heterocycles. The zero-order valence-corrected chi connectivity index (χ0v) is 18.4. The second-order valence-corrected chi connectivity index (χ2v) is 8.06. The van der Waals surface area contributed by atoms with E-state index in [4.69, 9.17) is 14.2 Å². The fourth-order valence-corrected chi connectivity index (χ4v) is 3.81. The Morgan fingerprint density at radius 2 is 1.97 bits per heavy atom. The second-order valence-electron chi connectivity index (χ2n) is 8.06. The number of nitrogens with zero attached hydrogens (tertiary/aromatic N) is 3. The summed E-state index contributed by atoms with van der Waals surface area (Å²) in [6, 6.07) is 5.36. The van der Waals surface area contributed by atoms with Gasteiger partial charge in [0.15, 0.2) is 0 Å². The molecule has 10 heteroatoms. The van der Waals surface area contributed by atoms with Gasteiger partial charge in [-0.1, -0.05) is 0 Å². The number of carbonyl (C=O) groups excluding carboxylic acids is 1. The molecule has 1 aromatic heterocycles. The number of rotatable bonds is 9. The number of hydrogen-bond donors (Lipinski definition) is 1. The van der Waals surface area contributed by atoms with Crippen LogP contribution < -0.4 is 14.8 Å². The number of halogens is 2. The van der Waals surface area contributed by atoms with E-state index in [1.807, 2.05) is 13.0 Å². The summed E-state index contributed by atoms with van der Waals surface area (Å²) >= 11 is 0. The fraction of sp³-hybridized carbons (Fsp3) is 0.591. The molecule has 1 amide bonds. The molecular formula is C22H28F2N4O4. The van der Waals surface area contributed by atoms with Crippen LogP contribution >= 0.6 is 0 Å². The first kappa shape index (κ1) is 23.7. The molecule has 3 rings (SSSR count). The smallest absolute Gasteiger partial charge is 0.297 e. The van der Waals surface area contributed by atoms with Crippen LogP contribution in [0.4, 0.5) is 8.78 Å². The molecule has 174 valence electrons. The molecule has 0 bridgehead atoms. The van der Waals surface area contributed by atoms with Crippen molar-refractivity contribution in [3.05, 3.63) is 17.7 Å². The number of aryl methyl sites for hydroxylation is 1. The Morgan fingerprint density at radius 3 is 2.59 bits per heavy atom. The predicted molar refractivity (Wildman–Crippen MR) is 113 cm³/mol. The molecule has 1 atom stereocenters. The van der Waals surface area contributed by atoms with Gasteiger partial charge in [-0.15, -0.1) is 0 Å². The third kappa shape index (κ3) is 6.07. The van der Waals surface area contributed by atoms with E-state index in [1.165, 1.54) is 13.0 Å². The van der Waals surface area contributed by atoms with Gasteiger partial charge in [-0.25, -0.2) is 8.78 Å². The zero-order chi connectivity index (χ0) is 23.3. The van der Waals surface area contributed by atoms with Gasteiger partial charge in [0.1, 0.15) is 30.0 Å². The molecule has 0 radical (unpaired) electrons. The number of nitrogens with one attached hydrogen (secondary N) is 1. The number of ether oxygens (including phenoxy) is 3. The van der Waals surface area contributed by atoms with Crippen LogP contribution in [-0.2, 0) is 16.6 Å². The molecule has 1 heterocycles. The maximum absolute atomic E-state index is 12.5. The molecule has 1 saturated carbocycles. The van der Waals surface area contributed by atoms with E-state index in [0.29, 0.717) is 23.7 Å². The van der Waals surface area contributed by atoms with Crippen LogP contribution in [0.5, 0.6) is 11.8 Å². The highest BCUT2D eigenvalue weighted by Gasteiger charge is 2.25. The van der Waals surface area contributed by atoms with E-state index in [2.05, 4.69) is 10.3 Å². The third-order valence-electron chi connectivity index (χ3n) is 5.34. The maximum Gasteiger partial charge on any atom is 0.297 e. The second kappa shape index (κ2) is 10.6. The van der Waals surface area contributed by atoms with E-state index >= 15 is 0 Å². The number of fused-ring (bicyclic) bond motifs is 1. The summed E-state index contributed by atoms with van der Waals surface area (Å²) in [5.41, 5.74) is 1.26. The van der Waals surface area contributed by atoms with E-state index in [-0.39, 0.29) is 35.5 Å². The highest BCUT2D eigenvalue weighted by atomic mass is 19.3. The Kier molecular flexibility index (Phi) is 7.85. The highest BCUT2D eigenvalue weighted by molar-refractivity contribution is 5.84. The Labute approximate surface area is 185 Å². The van der Waals surface area contributed by atoms with Crippen LogP contribution in [0, 0.1) is 11.3 Å². The van der Waals surface area contributed by atoms with Crippen molar-refractivity contribution in [2.24, 2.45) is 7.05 Å². The van der Waals surface area contributed by atoms with Crippen LogP contribution in [-0.4, -0.2) is 53.3 Å². The number of aromatic nitrogens is 2. The van der Waals surface area contributed by atoms with Crippen molar-refractivity contribution < 1.29 is 27.8 Å². The average Bonchev–Trinajstić information content (AvgIpc) is 3.06. The van der Waals surface area contributed by atoms with Crippen molar-refractivity contribution in [1.29, 1.82) is 5.26 Å². The summed E-state index contributed by atoms with van der Waals surface area (Å²) in [5.74, 6) is 0.114. The van der Waals surface area contributed by atoms with Crippen molar-refractivity contribution >= 4 is 16.9 Å². The summed E-state index contributed by atoms with van der Waals surface area (Å²) in [5, 5.41) is 12.2. The molecule has 2 aromatic rings. The topological polar surface area (TPSA) is 98.4 Å². The standard InChI is InChI=1S/C22H28F2N4O4/c1-13(26-14(2)29)11-30-16-4-6-17(7-5-16)32-22-27-21-15(10-25)8-18(31-12-20(23)24)9-19(21)28(22)3/h8-9,13,16-17,20H,4-7,11-12H2,1-3H3,(H,26,29)/t13-,16?,17?/m0/s1. The number of carbonyl (C=O) groups is 1. The molecular weight excluding hydrogens is 422 g/mol. The van der Waals surface area contributed by atoms with Crippen LogP contribution in [0.15, 0.2) is 12.1 Å². The molecule has 1 aliphatic rings. The summed E-state index contributed by atoms with van der Waals surface area (Å²) in [4.78, 5) is 15.5. The van der Waals surface area contributed by atoms with Gasteiger partial charge in [0.25, 0.3) is 12.4 Å². The Balaban J connectivity index is 1.61. The van der Waals surface area contributed by atoms with Crippen molar-refractivity contribution in [1.82, 2.24) is 14.9 Å². The minimum absolute atomic E-state index is 0.0367. The van der Waals surface area contributed by atoms with Gasteiger partial charge >= 0.3 is 0 Å². The fourth-order valence-electron chi connectivity index (χ4n) is 3.81. The predicted octanol–water partition coefficient (Wildman–Crippen LogP) is 3.32. The van der Waals surface area contributed by atoms with Gasteiger partial charge in [-0.05, 0) is 32.6 Å². The third-order valence-corrected chi connectivity index (χ3v) is 5.34. The van der Waals surface area contributed by atoms with Gasteiger partial charge < -0.3 is 19.5 Å². The normalized spacial score (nSPS) is 19.5. The molecule has 1 N–H and O–H groups in total. The highest BCUT2D eigenvalue weighted by Crippen LogP contribution is 2.31. The molecule has 0 spiro atoms. The number of nitriles is 1. The molecule has 32 heavy (non-hydrogen) atoms. The lowest BCUT2D eigenvalue weighted by Crippen LogP contribution is -2.37. The molecule has 8 nitrogen and oxygen atoms in total. The Bertz CT molecular complexity index is 980. The van der Waals surface area contributed by atoms with Crippen LogP contribution in [0.3, 0.4) is 0 Å². The van der Waals surface area contributed by atoms with Crippen LogP contribution in [0.25, 0.3) is 11.0 Å². The lowest BCUT2D eigenvalue weighted by atomic mass is 9.95. The van der Waals surface area contributed by atoms with Crippen molar-refractivity contribution in [2.45, 2.75) is 64.2 Å². The summed E-state index contributed by atoms with van der Waals surface area (Å²) < 4.78 is 43.7. The van der Waals surface area contributed by atoms with E-state index in [9.17, 15) is 18.8 Å². The van der Waals surface area contributed by atoms with Crippen LogP contribution in [0.1, 0.15) is 45.1 Å². The Morgan fingerprint density at radius 1 is 1.28 bits per heavy atom. The summed E-state index contributed by atoms with van der Waals surface area (Å²) in [6.07, 6.45) is 0.707. The lowest BCUT2D eigenvalue weighted by Gasteiger charge is -2.29. The molecule has 1 aliphatic carbocycles. The van der Waals surface area contributed by atoms with E-state index in [1.54, 1.807) is 17.7 Å². The number of benzene rings is 1. The molecule has 0 unspecified atom stereocenters.